The van der Waals surface area contributed by atoms with Crippen molar-refractivity contribution in [2.45, 2.75) is 26.8 Å². The van der Waals surface area contributed by atoms with Gasteiger partial charge in [0.2, 0.25) is 0 Å². The molecule has 1 N–H and O–H groups in total. The summed E-state index contributed by atoms with van der Waals surface area (Å²) < 4.78 is 12.2. The average molecular weight is 477 g/mol. The molecule has 0 saturated carbocycles. The van der Waals surface area contributed by atoms with E-state index in [0.717, 1.165) is 38.9 Å². The quantitative estimate of drug-likeness (QED) is 0.645. The van der Waals surface area contributed by atoms with E-state index in [1.165, 1.54) is 18.3 Å². The molecule has 2 aromatic rings. The number of benzene rings is 1. The van der Waals surface area contributed by atoms with Crippen molar-refractivity contribution in [3.63, 3.8) is 0 Å². The van der Waals surface area contributed by atoms with Crippen molar-refractivity contribution in [1.82, 2.24) is 5.32 Å². The van der Waals surface area contributed by atoms with Gasteiger partial charge < -0.3 is 14.8 Å². The maximum absolute atomic E-state index is 12.9. The molecule has 1 atom stereocenters. The number of Topliss-reactive ketones (excluding diaryl/α,β-unsaturated/α-hetero) is 1. The number of ether oxygens (including phenoxy) is 2. The van der Waals surface area contributed by atoms with E-state index in [4.69, 9.17) is 14.5 Å². The van der Waals surface area contributed by atoms with Gasteiger partial charge in [-0.05, 0) is 37.0 Å². The molecular formula is C27H28N2O4S. The standard InChI is InChI=1S/C27H28N2O4S/c1-4-20-16-32-8-9-33-24(20)14-23-11-17(2)10-22-13-25(34-27(22)29-23)26(31)28-15-19-6-5-7-21(12-19)18(3)30/h4-7,10,12-14,17H,1,8-9,11,15-16H2,2-3H3,(H,28,31)/b23-14+. The highest BCUT2D eigenvalue weighted by atomic mass is 32.1. The van der Waals surface area contributed by atoms with Gasteiger partial charge >= 0.3 is 0 Å². The predicted molar refractivity (Wildman–Crippen MR) is 133 cm³/mol. The minimum atomic E-state index is -0.158. The van der Waals surface area contributed by atoms with Gasteiger partial charge in [-0.3, -0.25) is 9.59 Å². The van der Waals surface area contributed by atoms with E-state index in [2.05, 4.69) is 24.9 Å². The highest BCUT2D eigenvalue weighted by molar-refractivity contribution is 7.11. The Labute approximate surface area is 203 Å². The molecule has 176 valence electrons. The maximum Gasteiger partial charge on any atom is 0.261 e. The lowest BCUT2D eigenvalue weighted by Gasteiger charge is -2.09. The highest BCUT2D eigenvalue weighted by Gasteiger charge is 2.16. The average Bonchev–Trinajstić information content (AvgIpc) is 2.98. The van der Waals surface area contributed by atoms with Crippen LogP contribution in [0.15, 0.2) is 71.1 Å². The van der Waals surface area contributed by atoms with Crippen LogP contribution in [-0.4, -0.2) is 31.5 Å². The molecule has 34 heavy (non-hydrogen) atoms. The van der Waals surface area contributed by atoms with Crippen molar-refractivity contribution in [3.8, 4) is 0 Å². The van der Waals surface area contributed by atoms with E-state index in [-0.39, 0.29) is 17.6 Å². The largest absolute Gasteiger partial charge is 0.491 e. The van der Waals surface area contributed by atoms with Crippen LogP contribution in [0.4, 0.5) is 0 Å². The molecule has 1 aromatic carbocycles. The number of amides is 1. The van der Waals surface area contributed by atoms with Gasteiger partial charge in [0.05, 0.1) is 18.1 Å². The number of thiophene rings is 1. The Morgan fingerprint density at radius 2 is 2.15 bits per heavy atom. The summed E-state index contributed by atoms with van der Waals surface area (Å²) in [5, 5.41) is 3.92. The highest BCUT2D eigenvalue weighted by Crippen LogP contribution is 2.21. The second kappa shape index (κ2) is 10.8. The number of hydrogen-bond donors (Lipinski definition) is 1. The first-order valence-corrected chi connectivity index (χ1v) is 12.1. The summed E-state index contributed by atoms with van der Waals surface area (Å²) in [6, 6.07) is 9.20. The zero-order valence-electron chi connectivity index (χ0n) is 19.4. The first-order chi connectivity index (χ1) is 16.4. The molecule has 6 nitrogen and oxygen atoms in total. The smallest absolute Gasteiger partial charge is 0.261 e. The molecule has 1 unspecified atom stereocenters. The lowest BCUT2D eigenvalue weighted by Crippen LogP contribution is -2.22. The van der Waals surface area contributed by atoms with Gasteiger partial charge in [-0.15, -0.1) is 11.3 Å². The van der Waals surface area contributed by atoms with Gasteiger partial charge in [-0.1, -0.05) is 43.9 Å². The van der Waals surface area contributed by atoms with Crippen molar-refractivity contribution in [2.75, 3.05) is 19.8 Å². The van der Waals surface area contributed by atoms with Crippen molar-refractivity contribution in [1.29, 1.82) is 0 Å². The summed E-state index contributed by atoms with van der Waals surface area (Å²) in [7, 11) is 0. The molecule has 7 heteroatoms. The van der Waals surface area contributed by atoms with Crippen LogP contribution < -0.4 is 15.2 Å². The Kier molecular flexibility index (Phi) is 7.55. The molecule has 0 bridgehead atoms. The van der Waals surface area contributed by atoms with Gasteiger partial charge in [0.15, 0.2) is 5.78 Å². The predicted octanol–water partition coefficient (Wildman–Crippen LogP) is 3.69. The summed E-state index contributed by atoms with van der Waals surface area (Å²) >= 11 is 1.37. The van der Waals surface area contributed by atoms with E-state index in [9.17, 15) is 9.59 Å². The van der Waals surface area contributed by atoms with Crippen LogP contribution in [0, 0.1) is 5.92 Å². The first-order valence-electron chi connectivity index (χ1n) is 11.3. The number of fused-ring (bicyclic) bond motifs is 1. The van der Waals surface area contributed by atoms with Crippen molar-refractivity contribution < 1.29 is 19.1 Å². The number of rotatable bonds is 6. The second-order valence-electron chi connectivity index (χ2n) is 8.40. The molecular weight excluding hydrogens is 448 g/mol. The third kappa shape index (κ3) is 5.79. The molecule has 4 rings (SSSR count). The molecule has 2 aliphatic heterocycles. The third-order valence-electron chi connectivity index (χ3n) is 5.59. The number of carbonyl (C=O) groups excluding carboxylic acids is 2. The topological polar surface area (TPSA) is 77.0 Å². The van der Waals surface area contributed by atoms with E-state index in [1.54, 1.807) is 18.2 Å². The van der Waals surface area contributed by atoms with Crippen molar-refractivity contribution in [2.24, 2.45) is 10.9 Å². The Bertz CT molecular complexity index is 1300. The van der Waals surface area contributed by atoms with Crippen LogP contribution in [0.1, 0.15) is 45.9 Å². The summed E-state index contributed by atoms with van der Waals surface area (Å²) in [6.07, 6.45) is 6.65. The van der Waals surface area contributed by atoms with Gasteiger partial charge in [0, 0.05) is 34.7 Å². The van der Waals surface area contributed by atoms with Gasteiger partial charge in [0.25, 0.3) is 5.91 Å². The molecule has 1 aromatic heterocycles. The Hall–Kier alpha value is -3.29. The summed E-state index contributed by atoms with van der Waals surface area (Å²) in [6.45, 7) is 9.38. The SMILES string of the molecule is C=CC1=C(/C=C2\CC(C)C=c3cc(C(=O)NCc4cccc(C(C)=O)c4)sc3=N2)OCCOC1. The first kappa shape index (κ1) is 23.9. The third-order valence-corrected chi connectivity index (χ3v) is 6.64. The molecule has 0 spiro atoms. The number of hydrogen-bond acceptors (Lipinski definition) is 6. The number of nitrogens with one attached hydrogen (secondary N) is 1. The summed E-state index contributed by atoms with van der Waals surface area (Å²) in [4.78, 5) is 29.9. The number of carbonyl (C=O) groups is 2. The van der Waals surface area contributed by atoms with Crippen LogP contribution in [0.25, 0.3) is 6.08 Å². The minimum absolute atomic E-state index is 0.00282. The molecule has 1 amide bonds. The van der Waals surface area contributed by atoms with E-state index >= 15 is 0 Å². The number of allylic oxidation sites excluding steroid dienone is 2. The zero-order valence-corrected chi connectivity index (χ0v) is 20.2. The summed E-state index contributed by atoms with van der Waals surface area (Å²) in [5.74, 6) is 0.840. The molecule has 0 radical (unpaired) electrons. The molecule has 0 fully saturated rings. The Morgan fingerprint density at radius 1 is 1.29 bits per heavy atom. The number of ketones is 1. The van der Waals surface area contributed by atoms with Crippen LogP contribution in [0.2, 0.25) is 0 Å². The van der Waals surface area contributed by atoms with E-state index in [0.29, 0.717) is 36.8 Å². The lowest BCUT2D eigenvalue weighted by molar-refractivity contribution is 0.0954. The van der Waals surface area contributed by atoms with Gasteiger partial charge in [-0.25, -0.2) is 4.99 Å². The Morgan fingerprint density at radius 3 is 2.94 bits per heavy atom. The summed E-state index contributed by atoms with van der Waals surface area (Å²) in [5.41, 5.74) is 3.32. The zero-order chi connectivity index (χ0) is 24.1. The van der Waals surface area contributed by atoms with Crippen LogP contribution in [-0.2, 0) is 16.0 Å². The molecule has 0 saturated heterocycles. The fraction of sp³-hybridized carbons (Fsp3) is 0.296. The normalized spacial score (nSPS) is 19.1. The van der Waals surface area contributed by atoms with Crippen molar-refractivity contribution in [3.05, 3.63) is 92.0 Å². The molecule has 0 aliphatic carbocycles. The number of nitrogens with zero attached hydrogens (tertiary/aromatic N) is 1. The van der Waals surface area contributed by atoms with Gasteiger partial charge in [-0.2, -0.15) is 0 Å². The van der Waals surface area contributed by atoms with Crippen molar-refractivity contribution >= 4 is 29.1 Å². The Balaban J connectivity index is 1.58. The fourth-order valence-electron chi connectivity index (χ4n) is 3.85. The van der Waals surface area contributed by atoms with Crippen LogP contribution in [0.5, 0.6) is 0 Å². The lowest BCUT2D eigenvalue weighted by atomic mass is 10.0. The minimum Gasteiger partial charge on any atom is -0.491 e. The van der Waals surface area contributed by atoms with Crippen LogP contribution in [0.3, 0.4) is 0 Å². The van der Waals surface area contributed by atoms with E-state index < -0.39 is 0 Å². The van der Waals surface area contributed by atoms with E-state index in [1.807, 2.05) is 24.3 Å². The maximum atomic E-state index is 12.9. The molecule has 3 heterocycles. The van der Waals surface area contributed by atoms with Gasteiger partial charge in [0.1, 0.15) is 17.0 Å². The second-order valence-corrected chi connectivity index (χ2v) is 9.43. The molecule has 2 aliphatic rings. The monoisotopic (exact) mass is 476 g/mol. The fourth-order valence-corrected chi connectivity index (χ4v) is 4.82. The van der Waals surface area contributed by atoms with Crippen LogP contribution >= 0.6 is 11.3 Å².